The van der Waals surface area contributed by atoms with Crippen molar-refractivity contribution in [3.63, 3.8) is 0 Å². The largest absolute Gasteiger partial charge is 0.444 e. The molecule has 0 N–H and O–H groups in total. The Labute approximate surface area is 243 Å². The van der Waals surface area contributed by atoms with E-state index >= 15 is 0 Å². The molecule has 6 rings (SSSR count). The van der Waals surface area contributed by atoms with Crippen molar-refractivity contribution in [2.75, 3.05) is 13.1 Å². The van der Waals surface area contributed by atoms with Crippen LogP contribution in [0.2, 0.25) is 0 Å². The first-order valence-electron chi connectivity index (χ1n) is 14.0. The number of carbonyl (C=O) groups is 1. The minimum absolute atomic E-state index is 0.180. The average Bonchev–Trinajstić information content (AvgIpc) is 3.48. The summed E-state index contributed by atoms with van der Waals surface area (Å²) in [4.78, 5) is 32.3. The molecule has 0 bridgehead atoms. The lowest BCUT2D eigenvalue weighted by molar-refractivity contribution is 0.0185. The van der Waals surface area contributed by atoms with Crippen LogP contribution in [0.25, 0.3) is 44.7 Å². The summed E-state index contributed by atoms with van der Waals surface area (Å²) in [5.41, 5.74) is 5.75. The van der Waals surface area contributed by atoms with E-state index in [-0.39, 0.29) is 18.0 Å². The van der Waals surface area contributed by atoms with E-state index in [2.05, 4.69) is 25.0 Å². The third-order valence-electron chi connectivity index (χ3n) is 7.31. The van der Waals surface area contributed by atoms with Gasteiger partial charge in [-0.05, 0) is 64.8 Å². The van der Waals surface area contributed by atoms with Crippen LogP contribution >= 0.6 is 0 Å². The van der Waals surface area contributed by atoms with E-state index in [0.29, 0.717) is 35.5 Å². The third kappa shape index (κ3) is 5.70. The van der Waals surface area contributed by atoms with E-state index in [1.165, 1.54) is 6.07 Å². The van der Waals surface area contributed by atoms with Crippen molar-refractivity contribution < 1.29 is 13.9 Å². The molecule has 9 nitrogen and oxygen atoms in total. The molecule has 5 aromatic rings. The smallest absolute Gasteiger partial charge is 0.410 e. The van der Waals surface area contributed by atoms with Crippen LogP contribution in [0.15, 0.2) is 67.5 Å². The number of amides is 1. The molecule has 1 aliphatic heterocycles. The number of aromatic nitrogens is 6. The molecule has 0 aliphatic carbocycles. The van der Waals surface area contributed by atoms with Crippen LogP contribution in [-0.2, 0) is 4.74 Å². The number of hydrogen-bond acceptors (Lipinski definition) is 7. The van der Waals surface area contributed by atoms with Crippen molar-refractivity contribution in [1.82, 2.24) is 34.6 Å². The molecule has 0 saturated carbocycles. The molecule has 1 aliphatic rings. The van der Waals surface area contributed by atoms with Gasteiger partial charge in [0.2, 0.25) is 0 Å². The van der Waals surface area contributed by atoms with Crippen LogP contribution in [0.4, 0.5) is 9.18 Å². The fraction of sp³-hybridized carbons (Fsp3) is 0.312. The number of piperidine rings is 1. The standard InChI is InChI=1S/C32H32FN7O2/c1-20-5-6-27(33)26(13-20)28-15-25(29-30(38-28)36-10-9-35-29)22-14-21(16-34-17-22)23-18-37-40(19-23)24-7-11-39(12-8-24)31(41)42-32(2,3)4/h5-6,9-10,13-19,24H,7-8,11-12H2,1-4H3. The van der Waals surface area contributed by atoms with Crippen molar-refractivity contribution in [2.24, 2.45) is 0 Å². The van der Waals surface area contributed by atoms with Crippen LogP contribution in [0.3, 0.4) is 0 Å². The molecule has 0 unspecified atom stereocenters. The van der Waals surface area contributed by atoms with E-state index in [1.807, 2.05) is 56.9 Å². The number of rotatable bonds is 4. The number of hydrogen-bond donors (Lipinski definition) is 0. The van der Waals surface area contributed by atoms with E-state index in [1.54, 1.807) is 41.8 Å². The van der Waals surface area contributed by atoms with E-state index in [0.717, 1.165) is 40.7 Å². The van der Waals surface area contributed by atoms with Crippen molar-refractivity contribution in [3.05, 3.63) is 78.9 Å². The van der Waals surface area contributed by atoms with Gasteiger partial charge < -0.3 is 9.64 Å². The number of halogens is 1. The highest BCUT2D eigenvalue weighted by molar-refractivity contribution is 5.92. The van der Waals surface area contributed by atoms with Crippen LogP contribution in [-0.4, -0.2) is 59.4 Å². The van der Waals surface area contributed by atoms with Gasteiger partial charge in [-0.3, -0.25) is 14.6 Å². The van der Waals surface area contributed by atoms with Gasteiger partial charge in [0.25, 0.3) is 0 Å². The minimum atomic E-state index is -0.513. The van der Waals surface area contributed by atoms with Gasteiger partial charge in [0, 0.05) is 71.9 Å². The monoisotopic (exact) mass is 565 g/mol. The van der Waals surface area contributed by atoms with Gasteiger partial charge in [0.15, 0.2) is 5.65 Å². The second-order valence-corrected chi connectivity index (χ2v) is 11.6. The summed E-state index contributed by atoms with van der Waals surface area (Å²) in [6.07, 6.45) is 11.9. The lowest BCUT2D eigenvalue weighted by atomic mass is 10.00. The Morgan fingerprint density at radius 3 is 2.50 bits per heavy atom. The molecule has 0 atom stereocenters. The van der Waals surface area contributed by atoms with E-state index in [4.69, 9.17) is 4.74 Å². The number of ether oxygens (including phenoxy) is 1. The fourth-order valence-electron chi connectivity index (χ4n) is 5.22. The second kappa shape index (κ2) is 10.9. The van der Waals surface area contributed by atoms with Crippen molar-refractivity contribution >= 4 is 17.3 Å². The van der Waals surface area contributed by atoms with Gasteiger partial charge in [-0.2, -0.15) is 5.10 Å². The van der Waals surface area contributed by atoms with Gasteiger partial charge in [-0.25, -0.2) is 19.2 Å². The van der Waals surface area contributed by atoms with E-state index in [9.17, 15) is 9.18 Å². The molecule has 42 heavy (non-hydrogen) atoms. The average molecular weight is 566 g/mol. The maximum absolute atomic E-state index is 14.8. The first kappa shape index (κ1) is 27.4. The number of aryl methyl sites for hydroxylation is 1. The first-order chi connectivity index (χ1) is 20.1. The maximum atomic E-state index is 14.8. The summed E-state index contributed by atoms with van der Waals surface area (Å²) in [6.45, 7) is 8.78. The molecule has 0 radical (unpaired) electrons. The van der Waals surface area contributed by atoms with Crippen molar-refractivity contribution in [1.29, 1.82) is 0 Å². The lowest BCUT2D eigenvalue weighted by Crippen LogP contribution is -2.42. The third-order valence-corrected chi connectivity index (χ3v) is 7.31. The normalized spacial score (nSPS) is 14.4. The van der Waals surface area contributed by atoms with Gasteiger partial charge >= 0.3 is 6.09 Å². The summed E-state index contributed by atoms with van der Waals surface area (Å²) in [5.74, 6) is -0.349. The number of pyridine rings is 2. The lowest BCUT2D eigenvalue weighted by Gasteiger charge is -2.33. The highest BCUT2D eigenvalue weighted by Crippen LogP contribution is 2.34. The molecule has 1 aromatic carbocycles. The number of benzene rings is 1. The molecule has 214 valence electrons. The molecule has 1 amide bonds. The Morgan fingerprint density at radius 1 is 0.952 bits per heavy atom. The van der Waals surface area contributed by atoms with Crippen LogP contribution in [0.5, 0.6) is 0 Å². The minimum Gasteiger partial charge on any atom is -0.444 e. The van der Waals surface area contributed by atoms with Crippen molar-refractivity contribution in [2.45, 2.75) is 52.2 Å². The summed E-state index contributed by atoms with van der Waals surface area (Å²) in [7, 11) is 0. The van der Waals surface area contributed by atoms with Crippen LogP contribution < -0.4 is 0 Å². The Balaban J connectivity index is 1.27. The van der Waals surface area contributed by atoms with Gasteiger partial charge in [0.1, 0.15) is 16.9 Å². The Bertz CT molecular complexity index is 1770. The van der Waals surface area contributed by atoms with Gasteiger partial charge in [0.05, 0.1) is 17.9 Å². The van der Waals surface area contributed by atoms with Crippen LogP contribution in [0.1, 0.15) is 45.2 Å². The molecule has 4 aromatic heterocycles. The highest BCUT2D eigenvalue weighted by Gasteiger charge is 2.28. The number of carbonyl (C=O) groups excluding carboxylic acids is 1. The zero-order valence-corrected chi connectivity index (χ0v) is 24.1. The molecule has 1 fully saturated rings. The second-order valence-electron chi connectivity index (χ2n) is 11.6. The van der Waals surface area contributed by atoms with Crippen LogP contribution in [0, 0.1) is 12.7 Å². The molecular weight excluding hydrogens is 533 g/mol. The molecule has 5 heterocycles. The van der Waals surface area contributed by atoms with Gasteiger partial charge in [-0.15, -0.1) is 0 Å². The number of likely N-dealkylation sites (tertiary alicyclic amines) is 1. The van der Waals surface area contributed by atoms with Gasteiger partial charge in [-0.1, -0.05) is 11.6 Å². The predicted molar refractivity (Wildman–Crippen MR) is 158 cm³/mol. The zero-order valence-electron chi connectivity index (χ0n) is 24.1. The Morgan fingerprint density at radius 2 is 1.71 bits per heavy atom. The molecule has 10 heteroatoms. The molecule has 1 saturated heterocycles. The Kier molecular flexibility index (Phi) is 7.14. The predicted octanol–water partition coefficient (Wildman–Crippen LogP) is 6.64. The topological polar surface area (TPSA) is 98.9 Å². The quantitative estimate of drug-likeness (QED) is 0.241. The number of fused-ring (bicyclic) bond motifs is 1. The fourth-order valence-corrected chi connectivity index (χ4v) is 5.22. The molecule has 0 spiro atoms. The molecular formula is C32H32FN7O2. The Hall–Kier alpha value is -4.73. The summed E-state index contributed by atoms with van der Waals surface area (Å²) in [6, 6.07) is 9.02. The summed E-state index contributed by atoms with van der Waals surface area (Å²) >= 11 is 0. The highest BCUT2D eigenvalue weighted by atomic mass is 19.1. The maximum Gasteiger partial charge on any atom is 0.410 e. The SMILES string of the molecule is Cc1ccc(F)c(-c2cc(-c3cncc(-c4cnn(C5CCN(C(=O)OC(C)(C)C)CC5)c4)c3)c3nccnc3n2)c1. The summed E-state index contributed by atoms with van der Waals surface area (Å²) < 4.78 is 22.3. The summed E-state index contributed by atoms with van der Waals surface area (Å²) in [5, 5.41) is 4.65. The van der Waals surface area contributed by atoms with Crippen molar-refractivity contribution in [3.8, 4) is 33.5 Å². The number of nitrogens with zero attached hydrogens (tertiary/aromatic N) is 7. The van der Waals surface area contributed by atoms with E-state index < -0.39 is 5.60 Å². The first-order valence-corrected chi connectivity index (χ1v) is 14.0. The zero-order chi connectivity index (χ0) is 29.4.